The molecule has 8 nitrogen and oxygen atoms in total. The molecule has 0 spiro atoms. The second-order valence-electron chi connectivity index (χ2n) is 3.86. The number of benzene rings is 1. The van der Waals surface area contributed by atoms with Gasteiger partial charge >= 0.3 is 0 Å². The molecule has 0 unspecified atom stereocenters. The molecule has 1 heterocycles. The molecule has 3 N–H and O–H groups in total. The molecule has 9 heteroatoms. The minimum absolute atomic E-state index is 0.0134. The standard InChI is InChI=1S/C11H13N5O3S/c1-12-11(17)8-2-4-9(5-3-8)20(18,19)15-6-10-13-7-14-16-10/h2-5,7,15H,6H2,1H3,(H,12,17)(H,13,14,16). The molecule has 0 aliphatic heterocycles. The predicted octanol–water partition coefficient (Wildman–Crippen LogP) is -0.357. The van der Waals surface area contributed by atoms with Crippen LogP contribution in [-0.2, 0) is 16.6 Å². The van der Waals surface area contributed by atoms with Crippen LogP contribution in [0.25, 0.3) is 0 Å². The monoisotopic (exact) mass is 295 g/mol. The van der Waals surface area contributed by atoms with Crippen molar-refractivity contribution >= 4 is 15.9 Å². The number of amides is 1. The number of sulfonamides is 1. The molecule has 0 aliphatic carbocycles. The van der Waals surface area contributed by atoms with Gasteiger partial charge in [0.2, 0.25) is 10.0 Å². The zero-order chi connectivity index (χ0) is 14.6. The Morgan fingerprint density at radius 2 is 2.00 bits per heavy atom. The first-order valence-electron chi connectivity index (χ1n) is 5.69. The van der Waals surface area contributed by atoms with Crippen LogP contribution in [0.1, 0.15) is 16.2 Å². The average Bonchev–Trinajstić information content (AvgIpc) is 2.98. The lowest BCUT2D eigenvalue weighted by molar-refractivity contribution is 0.0963. The third-order valence-corrected chi connectivity index (χ3v) is 3.97. The molecule has 106 valence electrons. The summed E-state index contributed by atoms with van der Waals surface area (Å²) >= 11 is 0. The van der Waals surface area contributed by atoms with Crippen LogP contribution in [0.2, 0.25) is 0 Å². The summed E-state index contributed by atoms with van der Waals surface area (Å²) in [6.45, 7) is 0.0134. The highest BCUT2D eigenvalue weighted by molar-refractivity contribution is 7.89. The van der Waals surface area contributed by atoms with Gasteiger partial charge in [0.15, 0.2) is 0 Å². The quantitative estimate of drug-likeness (QED) is 0.696. The summed E-state index contributed by atoms with van der Waals surface area (Å²) in [5, 5.41) is 8.63. The molecule has 2 aromatic rings. The van der Waals surface area contributed by atoms with Crippen LogP contribution in [0.4, 0.5) is 0 Å². The van der Waals surface area contributed by atoms with E-state index < -0.39 is 10.0 Å². The van der Waals surface area contributed by atoms with Gasteiger partial charge in [-0.25, -0.2) is 18.1 Å². The van der Waals surface area contributed by atoms with E-state index in [9.17, 15) is 13.2 Å². The maximum absolute atomic E-state index is 12.0. The first-order chi connectivity index (χ1) is 9.53. The van der Waals surface area contributed by atoms with Crippen molar-refractivity contribution in [2.24, 2.45) is 0 Å². The SMILES string of the molecule is CNC(=O)c1ccc(S(=O)(=O)NCc2ncn[nH]2)cc1. The van der Waals surface area contributed by atoms with E-state index in [2.05, 4.69) is 25.2 Å². The van der Waals surface area contributed by atoms with E-state index in [1.54, 1.807) is 0 Å². The number of H-pyrrole nitrogens is 1. The molecule has 0 fully saturated rings. The largest absolute Gasteiger partial charge is 0.355 e. The lowest BCUT2D eigenvalue weighted by Crippen LogP contribution is -2.24. The zero-order valence-corrected chi connectivity index (χ0v) is 11.4. The highest BCUT2D eigenvalue weighted by atomic mass is 32.2. The fourth-order valence-corrected chi connectivity index (χ4v) is 2.48. The summed E-state index contributed by atoms with van der Waals surface area (Å²) in [6.07, 6.45) is 1.29. The second-order valence-corrected chi connectivity index (χ2v) is 5.63. The zero-order valence-electron chi connectivity index (χ0n) is 10.6. The molecular formula is C11H13N5O3S. The Hall–Kier alpha value is -2.26. The van der Waals surface area contributed by atoms with Crippen molar-refractivity contribution in [2.75, 3.05) is 7.05 Å². The van der Waals surface area contributed by atoms with E-state index in [-0.39, 0.29) is 17.3 Å². The highest BCUT2D eigenvalue weighted by Crippen LogP contribution is 2.10. The molecule has 1 aromatic carbocycles. The molecule has 1 aromatic heterocycles. The Balaban J connectivity index is 2.11. The van der Waals surface area contributed by atoms with Crippen LogP contribution < -0.4 is 10.0 Å². The van der Waals surface area contributed by atoms with Crippen LogP contribution in [0.15, 0.2) is 35.5 Å². The van der Waals surface area contributed by atoms with E-state index in [4.69, 9.17) is 0 Å². The van der Waals surface area contributed by atoms with Gasteiger partial charge in [-0.15, -0.1) is 0 Å². The first kappa shape index (κ1) is 14.2. The van der Waals surface area contributed by atoms with Gasteiger partial charge in [0.25, 0.3) is 5.91 Å². The first-order valence-corrected chi connectivity index (χ1v) is 7.17. The van der Waals surface area contributed by atoms with Gasteiger partial charge in [-0.05, 0) is 24.3 Å². The molecule has 0 aliphatic rings. The Bertz CT molecular complexity index is 679. The Morgan fingerprint density at radius 1 is 1.30 bits per heavy atom. The number of carbonyl (C=O) groups is 1. The number of aromatic nitrogens is 3. The number of carbonyl (C=O) groups excluding carboxylic acids is 1. The van der Waals surface area contributed by atoms with Crippen LogP contribution in [0.5, 0.6) is 0 Å². The van der Waals surface area contributed by atoms with Gasteiger partial charge in [0, 0.05) is 12.6 Å². The summed E-state index contributed by atoms with van der Waals surface area (Å²) in [6, 6.07) is 5.63. The summed E-state index contributed by atoms with van der Waals surface area (Å²) < 4.78 is 26.4. The van der Waals surface area contributed by atoms with Gasteiger partial charge in [-0.2, -0.15) is 5.10 Å². The molecule has 0 bridgehead atoms. The van der Waals surface area contributed by atoms with E-state index >= 15 is 0 Å². The topological polar surface area (TPSA) is 117 Å². The summed E-state index contributed by atoms with van der Waals surface area (Å²) in [7, 11) is -2.15. The Labute approximate surface area is 115 Å². The van der Waals surface area contributed by atoms with Crippen LogP contribution in [-0.4, -0.2) is 36.6 Å². The van der Waals surface area contributed by atoms with Crippen molar-refractivity contribution in [3.8, 4) is 0 Å². The number of aromatic amines is 1. The van der Waals surface area contributed by atoms with Crippen molar-refractivity contribution in [1.29, 1.82) is 0 Å². The minimum atomic E-state index is -3.66. The Kier molecular flexibility index (Phi) is 4.11. The van der Waals surface area contributed by atoms with E-state index in [0.717, 1.165) is 0 Å². The normalized spacial score (nSPS) is 11.2. The lowest BCUT2D eigenvalue weighted by Gasteiger charge is -2.06. The van der Waals surface area contributed by atoms with E-state index in [1.165, 1.54) is 37.6 Å². The van der Waals surface area contributed by atoms with Gasteiger partial charge < -0.3 is 5.32 Å². The number of nitrogens with one attached hydrogen (secondary N) is 3. The molecule has 0 atom stereocenters. The van der Waals surface area contributed by atoms with Crippen LogP contribution in [0.3, 0.4) is 0 Å². The van der Waals surface area contributed by atoms with Crippen molar-refractivity contribution < 1.29 is 13.2 Å². The van der Waals surface area contributed by atoms with Crippen LogP contribution >= 0.6 is 0 Å². The summed E-state index contributed by atoms with van der Waals surface area (Å²) in [5.41, 5.74) is 0.390. The fraction of sp³-hybridized carbons (Fsp3) is 0.182. The molecule has 0 radical (unpaired) electrons. The Morgan fingerprint density at radius 3 is 2.55 bits per heavy atom. The van der Waals surface area contributed by atoms with E-state index in [1.807, 2.05) is 0 Å². The minimum Gasteiger partial charge on any atom is -0.355 e. The number of hydrogen-bond acceptors (Lipinski definition) is 5. The number of hydrogen-bond donors (Lipinski definition) is 3. The summed E-state index contributed by atoms with van der Waals surface area (Å²) in [5.74, 6) is 0.138. The second kappa shape index (κ2) is 5.80. The van der Waals surface area contributed by atoms with Crippen molar-refractivity contribution in [3.63, 3.8) is 0 Å². The average molecular weight is 295 g/mol. The third kappa shape index (κ3) is 3.19. The van der Waals surface area contributed by atoms with Gasteiger partial charge in [-0.1, -0.05) is 0 Å². The highest BCUT2D eigenvalue weighted by Gasteiger charge is 2.15. The molecule has 0 saturated carbocycles. The lowest BCUT2D eigenvalue weighted by atomic mass is 10.2. The van der Waals surface area contributed by atoms with Crippen LogP contribution in [0, 0.1) is 0 Å². The van der Waals surface area contributed by atoms with Crippen molar-refractivity contribution in [2.45, 2.75) is 11.4 Å². The molecule has 20 heavy (non-hydrogen) atoms. The molecular weight excluding hydrogens is 282 g/mol. The number of rotatable bonds is 5. The maximum atomic E-state index is 12.0. The smallest absolute Gasteiger partial charge is 0.251 e. The van der Waals surface area contributed by atoms with Gasteiger partial charge in [0.1, 0.15) is 12.2 Å². The fourth-order valence-electron chi connectivity index (χ4n) is 1.49. The van der Waals surface area contributed by atoms with E-state index in [0.29, 0.717) is 11.4 Å². The van der Waals surface area contributed by atoms with Crippen molar-refractivity contribution in [3.05, 3.63) is 42.0 Å². The summed E-state index contributed by atoms with van der Waals surface area (Å²) in [4.78, 5) is 15.2. The van der Waals surface area contributed by atoms with Gasteiger partial charge in [-0.3, -0.25) is 9.89 Å². The molecule has 2 rings (SSSR count). The third-order valence-electron chi connectivity index (χ3n) is 2.55. The maximum Gasteiger partial charge on any atom is 0.251 e. The number of nitrogens with zero attached hydrogens (tertiary/aromatic N) is 2. The van der Waals surface area contributed by atoms with Crippen molar-refractivity contribution in [1.82, 2.24) is 25.2 Å². The van der Waals surface area contributed by atoms with Gasteiger partial charge in [0.05, 0.1) is 11.4 Å². The predicted molar refractivity (Wildman–Crippen MR) is 70.2 cm³/mol. The molecule has 0 saturated heterocycles. The molecule has 1 amide bonds.